The zero-order valence-corrected chi connectivity index (χ0v) is 15.4. The van der Waals surface area contributed by atoms with Gasteiger partial charge >= 0.3 is 0 Å². The number of hydrogen-bond acceptors (Lipinski definition) is 4. The first-order valence-corrected chi connectivity index (χ1v) is 9.05. The molecule has 0 aliphatic heterocycles. The van der Waals surface area contributed by atoms with Crippen molar-refractivity contribution in [2.45, 2.75) is 46.3 Å². The van der Waals surface area contributed by atoms with Gasteiger partial charge in [-0.25, -0.2) is 0 Å². The number of fused-ring (bicyclic) bond motifs is 1. The van der Waals surface area contributed by atoms with Crippen LogP contribution in [-0.4, -0.2) is 42.9 Å². The molecule has 4 rings (SSSR count). The van der Waals surface area contributed by atoms with E-state index >= 15 is 0 Å². The Labute approximate surface area is 145 Å². The Morgan fingerprint density at radius 3 is 2.83 bits per heavy atom. The molecule has 134 valence electrons. The molecule has 0 unspecified atom stereocenters. The first kappa shape index (κ1) is 17.7. The highest BCUT2D eigenvalue weighted by Gasteiger charge is 2.50. The van der Waals surface area contributed by atoms with Crippen molar-refractivity contribution in [1.29, 1.82) is 0 Å². The van der Waals surface area contributed by atoms with E-state index < -0.39 is 6.10 Å². The Bertz CT molecular complexity index is 589. The number of nitrogens with zero attached hydrogens (tertiary/aromatic N) is 1. The van der Waals surface area contributed by atoms with Crippen molar-refractivity contribution in [1.82, 2.24) is 4.90 Å². The van der Waals surface area contributed by atoms with Gasteiger partial charge in [-0.05, 0) is 61.8 Å². The van der Waals surface area contributed by atoms with Crippen molar-refractivity contribution in [2.24, 2.45) is 17.3 Å². The molecule has 1 fully saturated rings. The molecule has 3 aliphatic carbocycles. The van der Waals surface area contributed by atoms with E-state index in [1.807, 2.05) is 26.1 Å². The number of likely N-dealkylation sites (N-methyl/N-ethyl adjacent to an activating group) is 1. The standard InChI is InChI=1S/C20H31NO3/c1-14-5-8-18(24-14)11-21(4)10-17(22)13-23-12-15-6-7-16-9-19(15)20(16,2)3/h5-6,8,16-17,19,22H,7,9-13H2,1-4H3/t16-,17-,19+/m1/s1. The van der Waals surface area contributed by atoms with Gasteiger partial charge in [0.1, 0.15) is 11.5 Å². The van der Waals surface area contributed by atoms with Gasteiger partial charge in [0.15, 0.2) is 0 Å². The lowest BCUT2D eigenvalue weighted by Gasteiger charge is -2.56. The molecule has 1 saturated carbocycles. The van der Waals surface area contributed by atoms with Crippen LogP contribution < -0.4 is 0 Å². The monoisotopic (exact) mass is 333 g/mol. The summed E-state index contributed by atoms with van der Waals surface area (Å²) in [6, 6.07) is 3.95. The van der Waals surface area contributed by atoms with E-state index in [9.17, 15) is 5.11 Å². The lowest BCUT2D eigenvalue weighted by atomic mass is 9.49. The third kappa shape index (κ3) is 3.76. The van der Waals surface area contributed by atoms with Crippen molar-refractivity contribution < 1.29 is 14.3 Å². The SMILES string of the molecule is Cc1ccc(CN(C)C[C@@H](O)COCC2=CC[C@@H]3C[C@@H]2C3(C)C)o1. The highest BCUT2D eigenvalue weighted by molar-refractivity contribution is 5.23. The molecular formula is C20H31NO3. The predicted molar refractivity (Wildman–Crippen MR) is 94.7 cm³/mol. The highest BCUT2D eigenvalue weighted by Crippen LogP contribution is 2.59. The lowest BCUT2D eigenvalue weighted by molar-refractivity contribution is -0.0258. The third-order valence-corrected chi connectivity index (χ3v) is 5.91. The summed E-state index contributed by atoms with van der Waals surface area (Å²) in [5, 5.41) is 10.2. The maximum absolute atomic E-state index is 10.2. The lowest BCUT2D eigenvalue weighted by Crippen LogP contribution is -2.48. The number of aliphatic hydroxyl groups excluding tert-OH is 1. The van der Waals surface area contributed by atoms with Crippen LogP contribution >= 0.6 is 0 Å². The minimum absolute atomic E-state index is 0.384. The second-order valence-corrected chi connectivity index (χ2v) is 8.20. The molecule has 0 amide bonds. The third-order valence-electron chi connectivity index (χ3n) is 5.91. The average Bonchev–Trinajstić information content (AvgIpc) is 2.92. The first-order chi connectivity index (χ1) is 11.4. The zero-order valence-electron chi connectivity index (χ0n) is 15.4. The summed E-state index contributed by atoms with van der Waals surface area (Å²) in [7, 11) is 1.99. The summed E-state index contributed by atoms with van der Waals surface area (Å²) < 4.78 is 11.4. The van der Waals surface area contributed by atoms with Crippen LogP contribution in [0, 0.1) is 24.2 Å². The molecule has 3 atom stereocenters. The quantitative estimate of drug-likeness (QED) is 0.741. The second kappa shape index (κ2) is 7.03. The molecule has 3 aliphatic rings. The van der Waals surface area contributed by atoms with Crippen LogP contribution in [0.15, 0.2) is 28.2 Å². The van der Waals surface area contributed by atoms with Gasteiger partial charge in [-0.15, -0.1) is 0 Å². The van der Waals surface area contributed by atoms with Crippen LogP contribution in [0.4, 0.5) is 0 Å². The van der Waals surface area contributed by atoms with Crippen molar-refractivity contribution in [3.05, 3.63) is 35.3 Å². The molecular weight excluding hydrogens is 302 g/mol. The molecule has 0 radical (unpaired) electrons. The minimum Gasteiger partial charge on any atom is -0.465 e. The van der Waals surface area contributed by atoms with Gasteiger partial charge in [-0.2, -0.15) is 0 Å². The van der Waals surface area contributed by atoms with Gasteiger partial charge in [-0.1, -0.05) is 19.9 Å². The summed E-state index contributed by atoms with van der Waals surface area (Å²) in [5.41, 5.74) is 1.88. The summed E-state index contributed by atoms with van der Waals surface area (Å²) >= 11 is 0. The van der Waals surface area contributed by atoms with Gasteiger partial charge in [0, 0.05) is 6.54 Å². The van der Waals surface area contributed by atoms with Crippen LogP contribution in [-0.2, 0) is 11.3 Å². The van der Waals surface area contributed by atoms with Crippen LogP contribution in [0.3, 0.4) is 0 Å². The molecule has 1 N–H and O–H groups in total. The Balaban J connectivity index is 1.37. The predicted octanol–water partition coefficient (Wildman–Crippen LogP) is 3.39. The van der Waals surface area contributed by atoms with Gasteiger partial charge in [-0.3, -0.25) is 4.90 Å². The molecule has 4 heteroatoms. The van der Waals surface area contributed by atoms with E-state index in [-0.39, 0.29) is 0 Å². The van der Waals surface area contributed by atoms with Crippen molar-refractivity contribution >= 4 is 0 Å². The molecule has 0 aromatic carbocycles. The van der Waals surface area contributed by atoms with Crippen LogP contribution in [0.2, 0.25) is 0 Å². The van der Waals surface area contributed by atoms with E-state index in [0.717, 1.165) is 17.4 Å². The van der Waals surface area contributed by atoms with E-state index in [2.05, 4.69) is 24.8 Å². The fourth-order valence-corrected chi connectivity index (χ4v) is 4.27. The van der Waals surface area contributed by atoms with Crippen molar-refractivity contribution in [3.63, 3.8) is 0 Å². The molecule has 0 saturated heterocycles. The number of rotatable bonds is 8. The van der Waals surface area contributed by atoms with E-state index in [1.54, 1.807) is 0 Å². The van der Waals surface area contributed by atoms with Gasteiger partial charge in [0.2, 0.25) is 0 Å². The smallest absolute Gasteiger partial charge is 0.118 e. The first-order valence-electron chi connectivity index (χ1n) is 9.05. The Morgan fingerprint density at radius 2 is 2.21 bits per heavy atom. The van der Waals surface area contributed by atoms with E-state index in [0.29, 0.717) is 37.6 Å². The number of aliphatic hydroxyl groups is 1. The summed E-state index contributed by atoms with van der Waals surface area (Å²) in [4.78, 5) is 2.06. The molecule has 24 heavy (non-hydrogen) atoms. The Hall–Kier alpha value is -1.10. The van der Waals surface area contributed by atoms with Gasteiger partial charge < -0.3 is 14.3 Å². The fourth-order valence-electron chi connectivity index (χ4n) is 4.27. The molecule has 1 heterocycles. The van der Waals surface area contributed by atoms with Crippen LogP contribution in [0.25, 0.3) is 0 Å². The largest absolute Gasteiger partial charge is 0.465 e. The number of allylic oxidation sites excluding steroid dienone is 1. The summed E-state index contributed by atoms with van der Waals surface area (Å²) in [6.07, 6.45) is 4.39. The summed E-state index contributed by atoms with van der Waals surface area (Å²) in [6.45, 7) is 9.02. The number of hydrogen-bond donors (Lipinski definition) is 1. The zero-order chi connectivity index (χ0) is 17.3. The second-order valence-electron chi connectivity index (χ2n) is 8.20. The molecule has 0 spiro atoms. The van der Waals surface area contributed by atoms with E-state index in [4.69, 9.17) is 9.15 Å². The molecule has 1 aromatic rings. The van der Waals surface area contributed by atoms with Gasteiger partial charge in [0.05, 0.1) is 25.9 Å². The van der Waals surface area contributed by atoms with Crippen molar-refractivity contribution in [2.75, 3.05) is 26.8 Å². The molecule has 2 bridgehead atoms. The fraction of sp³-hybridized carbons (Fsp3) is 0.700. The number of aryl methyl sites for hydroxylation is 1. The molecule has 4 nitrogen and oxygen atoms in total. The number of furan rings is 1. The maximum Gasteiger partial charge on any atom is 0.118 e. The topological polar surface area (TPSA) is 45.8 Å². The summed E-state index contributed by atoms with van der Waals surface area (Å²) in [5.74, 6) is 3.38. The van der Waals surface area contributed by atoms with E-state index in [1.165, 1.54) is 18.4 Å². The van der Waals surface area contributed by atoms with Crippen LogP contribution in [0.1, 0.15) is 38.2 Å². The Morgan fingerprint density at radius 1 is 1.42 bits per heavy atom. The van der Waals surface area contributed by atoms with Crippen molar-refractivity contribution in [3.8, 4) is 0 Å². The highest BCUT2D eigenvalue weighted by atomic mass is 16.5. The maximum atomic E-state index is 10.2. The van der Waals surface area contributed by atoms with Crippen LogP contribution in [0.5, 0.6) is 0 Å². The normalized spacial score (nSPS) is 26.2. The average molecular weight is 333 g/mol. The minimum atomic E-state index is -0.475. The number of ether oxygens (including phenoxy) is 1. The molecule has 1 aromatic heterocycles. The Kier molecular flexibility index (Phi) is 5.19. The van der Waals surface area contributed by atoms with Gasteiger partial charge in [0.25, 0.3) is 0 Å².